The lowest BCUT2D eigenvalue weighted by Gasteiger charge is -2.29. The van der Waals surface area contributed by atoms with Gasteiger partial charge in [0.15, 0.2) is 0 Å². The number of carbonyl (C=O) groups excluding carboxylic acids is 4. The summed E-state index contributed by atoms with van der Waals surface area (Å²) in [4.78, 5) is 51.1. The number of nitrogens with zero attached hydrogens (tertiary/aromatic N) is 1. The second kappa shape index (κ2) is 12.1. The van der Waals surface area contributed by atoms with Crippen LogP contribution in [-0.2, 0) is 23.8 Å². The zero-order valence-electron chi connectivity index (χ0n) is 21.3. The van der Waals surface area contributed by atoms with Crippen LogP contribution < -0.4 is 10.6 Å². The third kappa shape index (κ3) is 10.8. The largest absolute Gasteiger partial charge is 0.467 e. The number of unbranched alkanes of at least 4 members (excludes halogenated alkanes) is 1. The molecule has 190 valence electrons. The van der Waals surface area contributed by atoms with Crippen LogP contribution in [0.5, 0.6) is 0 Å². The lowest BCUT2D eigenvalue weighted by molar-refractivity contribution is -0.151. The highest BCUT2D eigenvalue weighted by Crippen LogP contribution is 2.25. The van der Waals surface area contributed by atoms with Crippen LogP contribution in [0.1, 0.15) is 74.1 Å². The topological polar surface area (TPSA) is 123 Å². The van der Waals surface area contributed by atoms with Crippen molar-refractivity contribution >= 4 is 24.1 Å². The summed E-state index contributed by atoms with van der Waals surface area (Å²) in [7, 11) is 1.29. The van der Waals surface area contributed by atoms with E-state index in [1.165, 1.54) is 12.0 Å². The van der Waals surface area contributed by atoms with Crippen molar-refractivity contribution in [2.75, 3.05) is 20.2 Å². The standard InChI is InChI=1S/C23H41N3O7/c1-15-13-17(19(28)31-8)26(14-15)18(27)16(25-21(30)33-23(5,6)7)11-9-10-12-24-20(29)32-22(2,3)4/h15-17H,9-14H2,1-8H3,(H,24,29)(H,25,30)/t15-,16+,17-/m0/s1. The van der Waals surface area contributed by atoms with Gasteiger partial charge in [0.1, 0.15) is 23.3 Å². The van der Waals surface area contributed by atoms with E-state index < -0.39 is 41.4 Å². The van der Waals surface area contributed by atoms with Crippen LogP contribution >= 0.6 is 0 Å². The molecule has 0 unspecified atom stereocenters. The Morgan fingerprint density at radius 2 is 1.55 bits per heavy atom. The lowest BCUT2D eigenvalue weighted by atomic mass is 10.1. The molecule has 1 fully saturated rings. The average molecular weight is 472 g/mol. The molecule has 1 saturated heterocycles. The molecule has 0 radical (unpaired) electrons. The highest BCUT2D eigenvalue weighted by molar-refractivity contribution is 5.90. The molecule has 10 heteroatoms. The van der Waals surface area contributed by atoms with Gasteiger partial charge in [-0.15, -0.1) is 0 Å². The average Bonchev–Trinajstić information content (AvgIpc) is 3.04. The van der Waals surface area contributed by atoms with Crippen LogP contribution in [0.2, 0.25) is 0 Å². The minimum absolute atomic E-state index is 0.137. The molecule has 3 atom stereocenters. The molecule has 0 spiro atoms. The van der Waals surface area contributed by atoms with Gasteiger partial charge in [0.2, 0.25) is 5.91 Å². The zero-order chi connectivity index (χ0) is 25.4. The molecule has 10 nitrogen and oxygen atoms in total. The summed E-state index contributed by atoms with van der Waals surface area (Å²) in [6, 6.07) is -1.53. The number of likely N-dealkylation sites (tertiary alicyclic amines) is 1. The highest BCUT2D eigenvalue weighted by Gasteiger charge is 2.41. The van der Waals surface area contributed by atoms with Crippen molar-refractivity contribution in [3.05, 3.63) is 0 Å². The summed E-state index contributed by atoms with van der Waals surface area (Å²) < 4.78 is 15.4. The molecule has 0 saturated carbocycles. The predicted molar refractivity (Wildman–Crippen MR) is 123 cm³/mol. The molecule has 0 aromatic rings. The maximum Gasteiger partial charge on any atom is 0.408 e. The number of methoxy groups -OCH3 is 1. The fourth-order valence-electron chi connectivity index (χ4n) is 3.53. The molecule has 1 heterocycles. The van der Waals surface area contributed by atoms with Gasteiger partial charge in [-0.3, -0.25) is 4.79 Å². The fraction of sp³-hybridized carbons (Fsp3) is 0.826. The zero-order valence-corrected chi connectivity index (χ0v) is 21.3. The van der Waals surface area contributed by atoms with E-state index in [0.717, 1.165) is 0 Å². The summed E-state index contributed by atoms with van der Waals surface area (Å²) in [6.07, 6.45) is 0.762. The van der Waals surface area contributed by atoms with E-state index >= 15 is 0 Å². The van der Waals surface area contributed by atoms with Gasteiger partial charge in [0.05, 0.1) is 7.11 Å². The monoisotopic (exact) mass is 471 g/mol. The first-order valence-corrected chi connectivity index (χ1v) is 11.5. The van der Waals surface area contributed by atoms with E-state index in [-0.39, 0.29) is 11.8 Å². The van der Waals surface area contributed by atoms with Gasteiger partial charge in [-0.25, -0.2) is 14.4 Å². The third-order valence-corrected chi connectivity index (χ3v) is 4.84. The Morgan fingerprint density at radius 1 is 0.970 bits per heavy atom. The van der Waals surface area contributed by atoms with Crippen LogP contribution in [0.3, 0.4) is 0 Å². The van der Waals surface area contributed by atoms with E-state index in [2.05, 4.69) is 10.6 Å². The fourth-order valence-corrected chi connectivity index (χ4v) is 3.53. The number of amides is 3. The number of esters is 1. The molecule has 3 amide bonds. The summed E-state index contributed by atoms with van der Waals surface area (Å²) in [5, 5.41) is 5.33. The molecule has 2 N–H and O–H groups in total. The molecule has 0 aliphatic carbocycles. The second-order valence-corrected chi connectivity index (χ2v) is 10.5. The van der Waals surface area contributed by atoms with Gasteiger partial charge in [0, 0.05) is 13.1 Å². The van der Waals surface area contributed by atoms with Crippen LogP contribution in [-0.4, -0.2) is 72.4 Å². The summed E-state index contributed by atoms with van der Waals surface area (Å²) in [6.45, 7) is 13.3. The van der Waals surface area contributed by atoms with Crippen molar-refractivity contribution in [3.63, 3.8) is 0 Å². The van der Waals surface area contributed by atoms with E-state index in [0.29, 0.717) is 38.8 Å². The first-order chi connectivity index (χ1) is 15.1. The molecule has 0 aromatic heterocycles. The number of hydrogen-bond donors (Lipinski definition) is 2. The van der Waals surface area contributed by atoms with Crippen LogP contribution in [0.25, 0.3) is 0 Å². The first-order valence-electron chi connectivity index (χ1n) is 11.5. The minimum Gasteiger partial charge on any atom is -0.467 e. The van der Waals surface area contributed by atoms with E-state index in [9.17, 15) is 19.2 Å². The minimum atomic E-state index is -0.862. The van der Waals surface area contributed by atoms with Gasteiger partial charge in [-0.2, -0.15) is 0 Å². The Kier molecular flexibility index (Phi) is 10.4. The Morgan fingerprint density at radius 3 is 2.09 bits per heavy atom. The van der Waals surface area contributed by atoms with E-state index in [1.807, 2.05) is 6.92 Å². The molecule has 1 aliphatic rings. The van der Waals surface area contributed by atoms with Crippen LogP contribution in [0.4, 0.5) is 9.59 Å². The Balaban J connectivity index is 2.77. The molecular weight excluding hydrogens is 430 g/mol. The lowest BCUT2D eigenvalue weighted by Crippen LogP contribution is -2.52. The van der Waals surface area contributed by atoms with E-state index in [4.69, 9.17) is 14.2 Å². The molecule has 1 rings (SSSR count). The molecule has 0 aromatic carbocycles. The maximum absolute atomic E-state index is 13.3. The normalized spacial score (nSPS) is 19.5. The van der Waals surface area contributed by atoms with Crippen LogP contribution in [0, 0.1) is 5.92 Å². The number of hydrogen-bond acceptors (Lipinski definition) is 7. The third-order valence-electron chi connectivity index (χ3n) is 4.84. The van der Waals surface area contributed by atoms with Gasteiger partial charge < -0.3 is 29.7 Å². The van der Waals surface area contributed by atoms with Crippen molar-refractivity contribution in [1.29, 1.82) is 0 Å². The highest BCUT2D eigenvalue weighted by atomic mass is 16.6. The smallest absolute Gasteiger partial charge is 0.408 e. The van der Waals surface area contributed by atoms with Gasteiger partial charge in [-0.05, 0) is 73.1 Å². The molecule has 0 bridgehead atoms. The van der Waals surface area contributed by atoms with Gasteiger partial charge >= 0.3 is 18.2 Å². The van der Waals surface area contributed by atoms with Gasteiger partial charge in [0.25, 0.3) is 0 Å². The van der Waals surface area contributed by atoms with Crippen molar-refractivity contribution in [3.8, 4) is 0 Å². The summed E-state index contributed by atoms with van der Waals surface area (Å²) in [5.74, 6) is -0.677. The summed E-state index contributed by atoms with van der Waals surface area (Å²) >= 11 is 0. The number of rotatable bonds is 8. The van der Waals surface area contributed by atoms with Crippen molar-refractivity contribution in [2.24, 2.45) is 5.92 Å². The molecule has 33 heavy (non-hydrogen) atoms. The molecule has 1 aliphatic heterocycles. The summed E-state index contributed by atoms with van der Waals surface area (Å²) in [5.41, 5.74) is -1.30. The Hall–Kier alpha value is -2.52. The van der Waals surface area contributed by atoms with Crippen molar-refractivity contribution < 1.29 is 33.4 Å². The predicted octanol–water partition coefficient (Wildman–Crippen LogP) is 2.98. The number of ether oxygens (including phenoxy) is 3. The SMILES string of the molecule is COC(=O)[C@@H]1C[C@H](C)CN1C(=O)[C@@H](CCCCNC(=O)OC(C)(C)C)NC(=O)OC(C)(C)C. The first kappa shape index (κ1) is 28.5. The second-order valence-electron chi connectivity index (χ2n) is 10.5. The number of carbonyl (C=O) groups is 4. The van der Waals surface area contributed by atoms with Gasteiger partial charge in [-0.1, -0.05) is 6.92 Å². The van der Waals surface area contributed by atoms with Crippen molar-refractivity contribution in [2.45, 2.75) is 97.4 Å². The van der Waals surface area contributed by atoms with E-state index in [1.54, 1.807) is 41.5 Å². The van der Waals surface area contributed by atoms with Crippen LogP contribution in [0.15, 0.2) is 0 Å². The quantitative estimate of drug-likeness (QED) is 0.317. The Bertz CT molecular complexity index is 697. The maximum atomic E-state index is 13.3. The Labute approximate surface area is 197 Å². The molecular formula is C23H41N3O7. The van der Waals surface area contributed by atoms with Crippen molar-refractivity contribution in [1.82, 2.24) is 15.5 Å². The number of nitrogens with one attached hydrogen (secondary N) is 2. The number of alkyl carbamates (subject to hydrolysis) is 2.